The monoisotopic (exact) mass is 281 g/mol. The molecule has 2 fully saturated rings. The highest BCUT2D eigenvalue weighted by molar-refractivity contribution is 5.83. The standard InChI is InChI=1S/C16H31N3O/c1-2-19-10-6-14(7-11-19)12-18-15(20)16(13-17)8-4-3-5-9-16/h14H,2-13,17H2,1H3,(H,18,20). The molecule has 0 radical (unpaired) electrons. The fourth-order valence-electron chi connectivity index (χ4n) is 3.68. The number of nitrogens with one attached hydrogen (secondary N) is 1. The maximum atomic E-state index is 12.5. The Bertz CT molecular complexity index is 305. The predicted octanol–water partition coefficient (Wildman–Crippen LogP) is 1.74. The summed E-state index contributed by atoms with van der Waals surface area (Å²) >= 11 is 0. The van der Waals surface area contributed by atoms with E-state index in [9.17, 15) is 4.79 Å². The van der Waals surface area contributed by atoms with Gasteiger partial charge in [0.15, 0.2) is 0 Å². The molecular formula is C16H31N3O. The van der Waals surface area contributed by atoms with Crippen molar-refractivity contribution in [3.63, 3.8) is 0 Å². The molecule has 116 valence electrons. The summed E-state index contributed by atoms with van der Waals surface area (Å²) in [6, 6.07) is 0. The lowest BCUT2D eigenvalue weighted by molar-refractivity contribution is -0.132. The van der Waals surface area contributed by atoms with Gasteiger partial charge in [-0.05, 0) is 51.2 Å². The van der Waals surface area contributed by atoms with E-state index in [4.69, 9.17) is 5.73 Å². The van der Waals surface area contributed by atoms with Crippen molar-refractivity contribution in [1.29, 1.82) is 0 Å². The lowest BCUT2D eigenvalue weighted by Crippen LogP contribution is -2.49. The summed E-state index contributed by atoms with van der Waals surface area (Å²) in [5.41, 5.74) is 5.66. The zero-order chi connectivity index (χ0) is 14.4. The summed E-state index contributed by atoms with van der Waals surface area (Å²) in [4.78, 5) is 15.0. The van der Waals surface area contributed by atoms with Crippen LogP contribution in [0.25, 0.3) is 0 Å². The zero-order valence-corrected chi connectivity index (χ0v) is 13.0. The highest BCUT2D eigenvalue weighted by Gasteiger charge is 2.38. The number of nitrogens with two attached hydrogens (primary N) is 1. The Kier molecular flexibility index (Phi) is 5.85. The molecule has 0 aromatic rings. The molecule has 1 aliphatic carbocycles. The molecule has 4 heteroatoms. The van der Waals surface area contributed by atoms with Crippen molar-refractivity contribution >= 4 is 5.91 Å². The Morgan fingerprint density at radius 1 is 1.25 bits per heavy atom. The number of piperidine rings is 1. The summed E-state index contributed by atoms with van der Waals surface area (Å²) in [5.74, 6) is 0.873. The minimum atomic E-state index is -0.262. The molecule has 0 spiro atoms. The second kappa shape index (κ2) is 7.41. The first kappa shape index (κ1) is 15.8. The van der Waals surface area contributed by atoms with Gasteiger partial charge in [0.2, 0.25) is 5.91 Å². The molecule has 0 aromatic carbocycles. The average molecular weight is 281 g/mol. The summed E-state index contributed by atoms with van der Waals surface area (Å²) < 4.78 is 0. The van der Waals surface area contributed by atoms with Crippen LogP contribution in [0, 0.1) is 11.3 Å². The maximum absolute atomic E-state index is 12.5. The summed E-state index contributed by atoms with van der Waals surface area (Å²) in [6.45, 7) is 7.08. The molecule has 2 aliphatic rings. The van der Waals surface area contributed by atoms with Crippen LogP contribution in [-0.4, -0.2) is 43.5 Å². The van der Waals surface area contributed by atoms with Crippen molar-refractivity contribution in [2.45, 2.75) is 51.9 Å². The Morgan fingerprint density at radius 2 is 1.90 bits per heavy atom. The molecule has 0 aromatic heterocycles. The van der Waals surface area contributed by atoms with Crippen LogP contribution in [0.1, 0.15) is 51.9 Å². The number of nitrogens with zero attached hydrogens (tertiary/aromatic N) is 1. The molecule has 2 rings (SSSR count). The van der Waals surface area contributed by atoms with Gasteiger partial charge in [-0.1, -0.05) is 26.2 Å². The molecule has 1 amide bonds. The lowest BCUT2D eigenvalue weighted by Gasteiger charge is -2.36. The van der Waals surface area contributed by atoms with Crippen LogP contribution in [0.5, 0.6) is 0 Å². The van der Waals surface area contributed by atoms with Crippen LogP contribution in [-0.2, 0) is 4.79 Å². The molecule has 1 saturated heterocycles. The number of amides is 1. The molecule has 0 atom stereocenters. The molecule has 0 bridgehead atoms. The quantitative estimate of drug-likeness (QED) is 0.807. The first-order valence-corrected chi connectivity index (χ1v) is 8.41. The molecule has 4 nitrogen and oxygen atoms in total. The predicted molar refractivity (Wildman–Crippen MR) is 82.4 cm³/mol. The van der Waals surface area contributed by atoms with Gasteiger partial charge >= 0.3 is 0 Å². The van der Waals surface area contributed by atoms with Crippen molar-refractivity contribution in [2.75, 3.05) is 32.7 Å². The van der Waals surface area contributed by atoms with Crippen LogP contribution in [0.3, 0.4) is 0 Å². The van der Waals surface area contributed by atoms with E-state index in [1.165, 1.54) is 32.4 Å². The third-order valence-corrected chi connectivity index (χ3v) is 5.39. The number of hydrogen-bond acceptors (Lipinski definition) is 3. The third kappa shape index (κ3) is 3.73. The molecule has 20 heavy (non-hydrogen) atoms. The van der Waals surface area contributed by atoms with E-state index >= 15 is 0 Å². The van der Waals surface area contributed by atoms with Crippen LogP contribution >= 0.6 is 0 Å². The SMILES string of the molecule is CCN1CCC(CNC(=O)C2(CN)CCCCC2)CC1. The molecule has 0 unspecified atom stereocenters. The van der Waals surface area contributed by atoms with Crippen molar-refractivity contribution < 1.29 is 4.79 Å². The summed E-state index contributed by atoms with van der Waals surface area (Å²) in [5, 5.41) is 3.21. The fourth-order valence-corrected chi connectivity index (χ4v) is 3.68. The first-order valence-electron chi connectivity index (χ1n) is 8.41. The van der Waals surface area contributed by atoms with Crippen molar-refractivity contribution in [3.05, 3.63) is 0 Å². The van der Waals surface area contributed by atoms with E-state index in [1.807, 2.05) is 0 Å². The van der Waals surface area contributed by atoms with E-state index in [0.29, 0.717) is 12.5 Å². The van der Waals surface area contributed by atoms with Gasteiger partial charge in [-0.15, -0.1) is 0 Å². The number of hydrogen-bond donors (Lipinski definition) is 2. The van der Waals surface area contributed by atoms with Crippen molar-refractivity contribution in [2.24, 2.45) is 17.1 Å². The van der Waals surface area contributed by atoms with Gasteiger partial charge in [0.25, 0.3) is 0 Å². The van der Waals surface area contributed by atoms with Crippen molar-refractivity contribution in [1.82, 2.24) is 10.2 Å². The second-order valence-electron chi connectivity index (χ2n) is 6.63. The Balaban J connectivity index is 1.77. The van der Waals surface area contributed by atoms with E-state index < -0.39 is 0 Å². The number of likely N-dealkylation sites (tertiary alicyclic amines) is 1. The molecule has 1 heterocycles. The molecule has 3 N–H and O–H groups in total. The molecule has 1 saturated carbocycles. The van der Waals surface area contributed by atoms with Crippen molar-refractivity contribution in [3.8, 4) is 0 Å². The topological polar surface area (TPSA) is 58.4 Å². The third-order valence-electron chi connectivity index (χ3n) is 5.39. The Morgan fingerprint density at radius 3 is 2.45 bits per heavy atom. The normalized spacial score (nSPS) is 24.5. The van der Waals surface area contributed by atoms with Gasteiger partial charge in [0.1, 0.15) is 0 Å². The second-order valence-corrected chi connectivity index (χ2v) is 6.63. The smallest absolute Gasteiger partial charge is 0.227 e. The largest absolute Gasteiger partial charge is 0.355 e. The van der Waals surface area contributed by atoms with Gasteiger partial charge in [-0.2, -0.15) is 0 Å². The van der Waals surface area contributed by atoms with E-state index in [2.05, 4.69) is 17.1 Å². The first-order chi connectivity index (χ1) is 9.70. The van der Waals surface area contributed by atoms with E-state index in [-0.39, 0.29) is 11.3 Å². The van der Waals surface area contributed by atoms with Gasteiger partial charge in [0, 0.05) is 13.1 Å². The van der Waals surface area contributed by atoms with E-state index in [0.717, 1.165) is 38.8 Å². The summed E-state index contributed by atoms with van der Waals surface area (Å²) in [6.07, 6.45) is 7.93. The van der Waals surface area contributed by atoms with Crippen LogP contribution in [0.4, 0.5) is 0 Å². The minimum Gasteiger partial charge on any atom is -0.355 e. The average Bonchev–Trinajstić information content (AvgIpc) is 2.53. The van der Waals surface area contributed by atoms with E-state index in [1.54, 1.807) is 0 Å². The number of carbonyl (C=O) groups excluding carboxylic acids is 1. The summed E-state index contributed by atoms with van der Waals surface area (Å²) in [7, 11) is 0. The fraction of sp³-hybridized carbons (Fsp3) is 0.938. The highest BCUT2D eigenvalue weighted by Crippen LogP contribution is 2.35. The molecule has 1 aliphatic heterocycles. The van der Waals surface area contributed by atoms with Gasteiger partial charge in [-0.25, -0.2) is 0 Å². The molecular weight excluding hydrogens is 250 g/mol. The lowest BCUT2D eigenvalue weighted by atomic mass is 9.73. The number of rotatable bonds is 5. The highest BCUT2D eigenvalue weighted by atomic mass is 16.2. The van der Waals surface area contributed by atoms with Gasteiger partial charge < -0.3 is 16.0 Å². The minimum absolute atomic E-state index is 0.220. The van der Waals surface area contributed by atoms with Crippen LogP contribution < -0.4 is 11.1 Å². The van der Waals surface area contributed by atoms with Gasteiger partial charge in [0.05, 0.1) is 5.41 Å². The maximum Gasteiger partial charge on any atom is 0.227 e. The van der Waals surface area contributed by atoms with Crippen LogP contribution in [0.2, 0.25) is 0 Å². The number of carbonyl (C=O) groups is 1. The van der Waals surface area contributed by atoms with Gasteiger partial charge in [-0.3, -0.25) is 4.79 Å². The van der Waals surface area contributed by atoms with Crippen LogP contribution in [0.15, 0.2) is 0 Å². The Hall–Kier alpha value is -0.610. The Labute approximate surface area is 123 Å². The zero-order valence-electron chi connectivity index (χ0n) is 13.0.